The molecule has 0 radical (unpaired) electrons. The van der Waals surface area contributed by atoms with Crippen molar-refractivity contribution in [2.45, 2.75) is 44.9 Å². The van der Waals surface area contributed by atoms with E-state index in [1.807, 2.05) is 30.3 Å². The van der Waals surface area contributed by atoms with Crippen molar-refractivity contribution in [1.82, 2.24) is 5.32 Å². The van der Waals surface area contributed by atoms with Crippen LogP contribution in [0.15, 0.2) is 30.3 Å². The molecule has 0 aromatic heterocycles. The topological polar surface area (TPSA) is 84.9 Å². The molecule has 4 rings (SSSR count). The standard InChI is InChI=1S/C19H25NO5/c1-2-24-18(22)16-14-9-8-13(10-15(14)21)17(16)20-19(23)25-11-12-6-4-3-5-7-12/h3-7,13-17,21H,2,8-11H2,1H3,(H,20,23)/t13-,14+,15?,16+,17+/m1/s1. The van der Waals surface area contributed by atoms with Gasteiger partial charge < -0.3 is 19.9 Å². The fourth-order valence-electron chi connectivity index (χ4n) is 4.17. The average Bonchev–Trinajstić information content (AvgIpc) is 2.62. The second-order valence-electron chi connectivity index (χ2n) is 6.81. The normalized spacial score (nSPS) is 30.6. The van der Waals surface area contributed by atoms with Crippen LogP contribution in [-0.4, -0.2) is 35.9 Å². The van der Waals surface area contributed by atoms with Crippen LogP contribution >= 0.6 is 0 Å². The Morgan fingerprint density at radius 1 is 1.20 bits per heavy atom. The van der Waals surface area contributed by atoms with Gasteiger partial charge in [0.2, 0.25) is 0 Å². The van der Waals surface area contributed by atoms with Crippen molar-refractivity contribution in [3.8, 4) is 0 Å². The Labute approximate surface area is 147 Å². The Kier molecular flexibility index (Phi) is 5.58. The molecule has 0 spiro atoms. The first-order valence-corrected chi connectivity index (χ1v) is 8.92. The molecular formula is C19H25NO5. The number of hydrogen-bond acceptors (Lipinski definition) is 5. The van der Waals surface area contributed by atoms with E-state index in [2.05, 4.69) is 5.32 Å². The molecule has 1 aromatic carbocycles. The number of aliphatic hydroxyl groups excluding tert-OH is 1. The molecule has 2 bridgehead atoms. The molecule has 3 saturated carbocycles. The number of hydrogen-bond donors (Lipinski definition) is 2. The van der Waals surface area contributed by atoms with Gasteiger partial charge in [-0.25, -0.2) is 4.79 Å². The fraction of sp³-hybridized carbons (Fsp3) is 0.579. The molecule has 25 heavy (non-hydrogen) atoms. The number of carbonyl (C=O) groups is 2. The minimum Gasteiger partial charge on any atom is -0.466 e. The highest BCUT2D eigenvalue weighted by atomic mass is 16.5. The molecule has 2 N–H and O–H groups in total. The van der Waals surface area contributed by atoms with E-state index in [4.69, 9.17) is 9.47 Å². The van der Waals surface area contributed by atoms with Crippen LogP contribution in [0.25, 0.3) is 0 Å². The van der Waals surface area contributed by atoms with Gasteiger partial charge in [-0.2, -0.15) is 0 Å². The van der Waals surface area contributed by atoms with Crippen LogP contribution in [0.2, 0.25) is 0 Å². The predicted molar refractivity (Wildman–Crippen MR) is 90.5 cm³/mol. The lowest BCUT2D eigenvalue weighted by Crippen LogP contribution is -2.60. The number of rotatable bonds is 5. The second-order valence-corrected chi connectivity index (χ2v) is 6.81. The highest BCUT2D eigenvalue weighted by Crippen LogP contribution is 2.45. The zero-order chi connectivity index (χ0) is 17.8. The van der Waals surface area contributed by atoms with E-state index in [0.717, 1.165) is 18.4 Å². The maximum absolute atomic E-state index is 12.4. The number of amides is 1. The third-order valence-corrected chi connectivity index (χ3v) is 5.32. The maximum Gasteiger partial charge on any atom is 0.407 e. The summed E-state index contributed by atoms with van der Waals surface area (Å²) in [5.41, 5.74) is 0.903. The van der Waals surface area contributed by atoms with Crippen LogP contribution in [0.5, 0.6) is 0 Å². The third kappa shape index (κ3) is 3.95. The quantitative estimate of drug-likeness (QED) is 0.798. The molecule has 1 aromatic rings. The number of alkyl carbamates (subject to hydrolysis) is 1. The van der Waals surface area contributed by atoms with E-state index < -0.39 is 18.1 Å². The van der Waals surface area contributed by atoms with Gasteiger partial charge in [0, 0.05) is 12.0 Å². The Bertz CT molecular complexity index is 605. The third-order valence-electron chi connectivity index (χ3n) is 5.32. The second kappa shape index (κ2) is 7.87. The molecule has 1 unspecified atom stereocenters. The van der Waals surface area contributed by atoms with Crippen LogP contribution in [-0.2, 0) is 20.9 Å². The van der Waals surface area contributed by atoms with Gasteiger partial charge in [0.1, 0.15) is 6.61 Å². The number of aliphatic hydroxyl groups is 1. The zero-order valence-corrected chi connectivity index (χ0v) is 14.4. The number of ether oxygens (including phenoxy) is 2. The first kappa shape index (κ1) is 17.7. The zero-order valence-electron chi connectivity index (χ0n) is 14.4. The highest BCUT2D eigenvalue weighted by molar-refractivity contribution is 5.76. The molecule has 1 amide bonds. The smallest absolute Gasteiger partial charge is 0.407 e. The largest absolute Gasteiger partial charge is 0.466 e. The van der Waals surface area contributed by atoms with Gasteiger partial charge in [-0.1, -0.05) is 30.3 Å². The minimum absolute atomic E-state index is 0.0682. The van der Waals surface area contributed by atoms with Crippen LogP contribution in [0.1, 0.15) is 31.7 Å². The summed E-state index contributed by atoms with van der Waals surface area (Å²) in [6, 6.07) is 9.09. The first-order valence-electron chi connectivity index (χ1n) is 8.92. The van der Waals surface area contributed by atoms with Crippen LogP contribution in [0.3, 0.4) is 0 Å². The summed E-state index contributed by atoms with van der Waals surface area (Å²) in [5, 5.41) is 13.1. The van der Waals surface area contributed by atoms with E-state index >= 15 is 0 Å². The maximum atomic E-state index is 12.4. The number of benzene rings is 1. The lowest BCUT2D eigenvalue weighted by molar-refractivity contribution is -0.162. The van der Waals surface area contributed by atoms with Gasteiger partial charge in [0.15, 0.2) is 0 Å². The Hall–Kier alpha value is -2.08. The number of nitrogens with one attached hydrogen (secondary N) is 1. The first-order chi connectivity index (χ1) is 12.1. The summed E-state index contributed by atoms with van der Waals surface area (Å²) < 4.78 is 10.5. The van der Waals surface area contributed by atoms with E-state index in [1.165, 1.54) is 0 Å². The fourth-order valence-corrected chi connectivity index (χ4v) is 4.17. The molecule has 3 aliphatic rings. The predicted octanol–water partition coefficient (Wildman–Crippen LogP) is 2.25. The average molecular weight is 347 g/mol. The molecule has 0 aliphatic heterocycles. The van der Waals surface area contributed by atoms with Crippen molar-refractivity contribution in [3.05, 3.63) is 35.9 Å². The minimum atomic E-state index is -0.537. The van der Waals surface area contributed by atoms with Crippen molar-refractivity contribution in [1.29, 1.82) is 0 Å². The number of fused-ring (bicyclic) bond motifs is 3. The van der Waals surface area contributed by atoms with Crippen LogP contribution in [0, 0.1) is 17.8 Å². The van der Waals surface area contributed by atoms with Crippen LogP contribution < -0.4 is 5.32 Å². The van der Waals surface area contributed by atoms with E-state index in [-0.39, 0.29) is 37.1 Å². The van der Waals surface area contributed by atoms with E-state index in [0.29, 0.717) is 6.42 Å². The monoisotopic (exact) mass is 347 g/mol. The lowest BCUT2D eigenvalue weighted by Gasteiger charge is -2.49. The van der Waals surface area contributed by atoms with Crippen molar-refractivity contribution >= 4 is 12.1 Å². The van der Waals surface area contributed by atoms with Gasteiger partial charge in [-0.15, -0.1) is 0 Å². The van der Waals surface area contributed by atoms with Gasteiger partial charge >= 0.3 is 12.1 Å². The number of esters is 1. The van der Waals surface area contributed by atoms with Crippen molar-refractivity contribution in [3.63, 3.8) is 0 Å². The molecule has 3 aliphatic carbocycles. The Morgan fingerprint density at radius 3 is 2.64 bits per heavy atom. The summed E-state index contributed by atoms with van der Waals surface area (Å²) in [4.78, 5) is 24.6. The van der Waals surface area contributed by atoms with Gasteiger partial charge in [-0.3, -0.25) is 4.79 Å². The number of carbonyl (C=O) groups excluding carboxylic acids is 2. The molecule has 5 atom stereocenters. The van der Waals surface area contributed by atoms with E-state index in [1.54, 1.807) is 6.92 Å². The summed E-state index contributed by atoms with van der Waals surface area (Å²) in [6.45, 7) is 2.22. The molecular weight excluding hydrogens is 322 g/mol. The SMILES string of the molecule is CCOC(=O)[C@@H]1[C@@H](NC(=O)OCc2ccccc2)[C@@H]2CC[C@H]1C(O)C2. The summed E-state index contributed by atoms with van der Waals surface area (Å²) >= 11 is 0. The molecule has 136 valence electrons. The lowest BCUT2D eigenvalue weighted by atomic mass is 9.60. The van der Waals surface area contributed by atoms with Crippen molar-refractivity contribution in [2.24, 2.45) is 17.8 Å². The van der Waals surface area contributed by atoms with Gasteiger partial charge in [0.25, 0.3) is 0 Å². The Morgan fingerprint density at radius 2 is 1.96 bits per heavy atom. The summed E-state index contributed by atoms with van der Waals surface area (Å²) in [5.74, 6) is -0.946. The molecule has 6 nitrogen and oxygen atoms in total. The molecule has 6 heteroatoms. The van der Waals surface area contributed by atoms with Crippen molar-refractivity contribution < 1.29 is 24.2 Å². The highest BCUT2D eigenvalue weighted by Gasteiger charge is 2.52. The van der Waals surface area contributed by atoms with Gasteiger partial charge in [0.05, 0.1) is 18.6 Å². The summed E-state index contributed by atoms with van der Waals surface area (Å²) in [7, 11) is 0. The molecule has 0 heterocycles. The molecule has 3 fully saturated rings. The Balaban J connectivity index is 1.64. The van der Waals surface area contributed by atoms with Crippen molar-refractivity contribution in [2.75, 3.05) is 6.61 Å². The van der Waals surface area contributed by atoms with Gasteiger partial charge in [-0.05, 0) is 37.7 Å². The molecule has 0 saturated heterocycles. The van der Waals surface area contributed by atoms with Crippen LogP contribution in [0.4, 0.5) is 4.79 Å². The van der Waals surface area contributed by atoms with E-state index in [9.17, 15) is 14.7 Å². The summed E-state index contributed by atoms with van der Waals surface area (Å²) in [6.07, 6.45) is 1.23.